The minimum atomic E-state index is -3.91. The Bertz CT molecular complexity index is 850. The highest BCUT2D eigenvalue weighted by molar-refractivity contribution is 9.10. The van der Waals surface area contributed by atoms with Crippen molar-refractivity contribution >= 4 is 37.5 Å². The van der Waals surface area contributed by atoms with Crippen molar-refractivity contribution in [3.63, 3.8) is 0 Å². The van der Waals surface area contributed by atoms with Crippen LogP contribution in [0.4, 0.5) is 11.5 Å². The van der Waals surface area contributed by atoms with Crippen molar-refractivity contribution in [3.05, 3.63) is 44.5 Å². The van der Waals surface area contributed by atoms with Crippen LogP contribution in [0.5, 0.6) is 0 Å². The fourth-order valence-corrected chi connectivity index (χ4v) is 4.30. The molecule has 0 spiro atoms. The van der Waals surface area contributed by atoms with Gasteiger partial charge in [0.1, 0.15) is 4.90 Å². The largest absolute Gasteiger partial charge is 0.280 e. The number of aromatic nitrogens is 2. The van der Waals surface area contributed by atoms with Gasteiger partial charge in [0.05, 0.1) is 4.92 Å². The first kappa shape index (κ1) is 18.4. The molecule has 0 bridgehead atoms. The second kappa shape index (κ2) is 7.31. The summed E-state index contributed by atoms with van der Waals surface area (Å²) in [6, 6.07) is 5.11. The van der Waals surface area contributed by atoms with Gasteiger partial charge in [-0.3, -0.25) is 19.9 Å². The molecule has 2 aromatic rings. The lowest BCUT2D eigenvalue weighted by Crippen LogP contribution is -2.14. The van der Waals surface area contributed by atoms with Gasteiger partial charge in [-0.1, -0.05) is 20.3 Å². The highest BCUT2D eigenvalue weighted by Gasteiger charge is 2.21. The van der Waals surface area contributed by atoms with Crippen LogP contribution in [0.25, 0.3) is 0 Å². The third kappa shape index (κ3) is 4.12. The normalized spacial score (nSPS) is 12.8. The van der Waals surface area contributed by atoms with Crippen molar-refractivity contribution in [1.29, 1.82) is 0 Å². The molecule has 0 aliphatic heterocycles. The highest BCUT2D eigenvalue weighted by Crippen LogP contribution is 2.28. The van der Waals surface area contributed by atoms with Gasteiger partial charge in [0.25, 0.3) is 15.7 Å². The van der Waals surface area contributed by atoms with Crippen molar-refractivity contribution in [2.75, 3.05) is 4.72 Å². The molecule has 1 aromatic carbocycles. The van der Waals surface area contributed by atoms with E-state index in [0.29, 0.717) is 0 Å². The van der Waals surface area contributed by atoms with Crippen LogP contribution >= 0.6 is 15.9 Å². The molecule has 1 aromatic heterocycles. The minimum Gasteiger partial charge on any atom is -0.280 e. The van der Waals surface area contributed by atoms with E-state index in [1.807, 2.05) is 6.92 Å². The molecule has 0 aliphatic carbocycles. The molecule has 0 amide bonds. The molecule has 24 heavy (non-hydrogen) atoms. The number of benzene rings is 1. The summed E-state index contributed by atoms with van der Waals surface area (Å²) in [6.45, 7) is 4.10. The predicted molar refractivity (Wildman–Crippen MR) is 93.5 cm³/mol. The molecule has 1 unspecified atom stereocenters. The first-order valence-electron chi connectivity index (χ1n) is 7.26. The number of nitro benzene ring substituents is 1. The van der Waals surface area contributed by atoms with Gasteiger partial charge >= 0.3 is 0 Å². The summed E-state index contributed by atoms with van der Waals surface area (Å²) in [5.74, 6) is 0.421. The van der Waals surface area contributed by atoms with E-state index in [9.17, 15) is 18.5 Å². The quantitative estimate of drug-likeness (QED) is 0.525. The molecule has 1 atom stereocenters. The van der Waals surface area contributed by atoms with Crippen LogP contribution in [0, 0.1) is 10.1 Å². The number of anilines is 1. The lowest BCUT2D eigenvalue weighted by Gasteiger charge is -2.07. The van der Waals surface area contributed by atoms with Gasteiger partial charge in [0, 0.05) is 28.4 Å². The second-order valence-corrected chi connectivity index (χ2v) is 7.88. The molecule has 2 N–H and O–H groups in total. The van der Waals surface area contributed by atoms with Gasteiger partial charge in [0.15, 0.2) is 5.82 Å². The molecule has 0 saturated heterocycles. The maximum Gasteiger partial charge on any atom is 0.270 e. The molecule has 0 aliphatic rings. The number of aromatic amines is 1. The van der Waals surface area contributed by atoms with Crippen molar-refractivity contribution in [2.24, 2.45) is 0 Å². The van der Waals surface area contributed by atoms with Gasteiger partial charge in [-0.2, -0.15) is 5.10 Å². The van der Waals surface area contributed by atoms with Crippen LogP contribution in [0.2, 0.25) is 0 Å². The third-order valence-corrected chi connectivity index (χ3v) is 5.84. The van der Waals surface area contributed by atoms with Crippen molar-refractivity contribution in [2.45, 2.75) is 37.5 Å². The summed E-state index contributed by atoms with van der Waals surface area (Å²) < 4.78 is 27.4. The van der Waals surface area contributed by atoms with Gasteiger partial charge in [-0.15, -0.1) is 0 Å². The van der Waals surface area contributed by atoms with Crippen LogP contribution in [0.1, 0.15) is 38.3 Å². The van der Waals surface area contributed by atoms with E-state index in [1.165, 1.54) is 6.07 Å². The van der Waals surface area contributed by atoms with E-state index in [4.69, 9.17) is 0 Å². The molecule has 2 rings (SSSR count). The smallest absolute Gasteiger partial charge is 0.270 e. The van der Waals surface area contributed by atoms with E-state index in [0.717, 1.165) is 30.7 Å². The standard InChI is InChI=1S/C14H17BrN4O4S/c1-3-4-9(2)12-8-14(17-16-12)18-24(22,23)13-6-5-10(19(20)21)7-11(13)15/h5-9H,3-4H2,1-2H3,(H2,16,17,18). The summed E-state index contributed by atoms with van der Waals surface area (Å²) in [6.07, 6.45) is 1.97. The molecular weight excluding hydrogens is 400 g/mol. The third-order valence-electron chi connectivity index (χ3n) is 3.51. The van der Waals surface area contributed by atoms with E-state index >= 15 is 0 Å². The van der Waals surface area contributed by atoms with E-state index in [1.54, 1.807) is 6.07 Å². The monoisotopic (exact) mass is 416 g/mol. The second-order valence-electron chi connectivity index (χ2n) is 5.38. The molecule has 0 radical (unpaired) electrons. The first-order chi connectivity index (χ1) is 11.2. The van der Waals surface area contributed by atoms with Gasteiger partial charge in [-0.05, 0) is 34.3 Å². The Morgan fingerprint density at radius 3 is 2.71 bits per heavy atom. The SMILES string of the molecule is CCCC(C)c1cc(NS(=O)(=O)c2ccc([N+](=O)[O-])cc2Br)n[nH]1. The van der Waals surface area contributed by atoms with Gasteiger partial charge in [0.2, 0.25) is 0 Å². The maximum absolute atomic E-state index is 12.4. The predicted octanol–water partition coefficient (Wildman–Crippen LogP) is 3.78. The Balaban J connectivity index is 2.24. The van der Waals surface area contributed by atoms with Crippen LogP contribution < -0.4 is 4.72 Å². The maximum atomic E-state index is 12.4. The number of non-ortho nitro benzene ring substituents is 1. The first-order valence-corrected chi connectivity index (χ1v) is 9.54. The van der Waals surface area contributed by atoms with Crippen LogP contribution in [-0.2, 0) is 10.0 Å². The number of H-pyrrole nitrogens is 1. The highest BCUT2D eigenvalue weighted by atomic mass is 79.9. The summed E-state index contributed by atoms with van der Waals surface area (Å²) in [5, 5.41) is 17.5. The zero-order valence-electron chi connectivity index (χ0n) is 13.1. The molecular formula is C14H17BrN4O4S. The van der Waals surface area contributed by atoms with E-state index < -0.39 is 14.9 Å². The van der Waals surface area contributed by atoms with Gasteiger partial charge in [-0.25, -0.2) is 8.42 Å². The Labute approximate surface area is 148 Å². The number of hydrogen-bond donors (Lipinski definition) is 2. The van der Waals surface area contributed by atoms with E-state index in [-0.39, 0.29) is 26.8 Å². The lowest BCUT2D eigenvalue weighted by molar-refractivity contribution is -0.385. The topological polar surface area (TPSA) is 118 Å². The molecule has 8 nitrogen and oxygen atoms in total. The Morgan fingerprint density at radius 2 is 2.12 bits per heavy atom. The molecule has 1 heterocycles. The van der Waals surface area contributed by atoms with Crippen molar-refractivity contribution in [1.82, 2.24) is 10.2 Å². The summed E-state index contributed by atoms with van der Waals surface area (Å²) in [5.41, 5.74) is 0.647. The van der Waals surface area contributed by atoms with Crippen LogP contribution in [-0.4, -0.2) is 23.5 Å². The molecule has 0 fully saturated rings. The summed E-state index contributed by atoms with van der Waals surface area (Å²) in [7, 11) is -3.91. The Kier molecular flexibility index (Phi) is 5.60. The lowest BCUT2D eigenvalue weighted by atomic mass is 10.0. The van der Waals surface area contributed by atoms with Crippen molar-refractivity contribution in [3.8, 4) is 0 Å². The number of nitrogens with one attached hydrogen (secondary N) is 2. The van der Waals surface area contributed by atoms with Crippen molar-refractivity contribution < 1.29 is 13.3 Å². The summed E-state index contributed by atoms with van der Waals surface area (Å²) in [4.78, 5) is 10.0. The Hall–Kier alpha value is -1.94. The zero-order valence-corrected chi connectivity index (χ0v) is 15.5. The zero-order chi connectivity index (χ0) is 17.9. The molecule has 130 valence electrons. The van der Waals surface area contributed by atoms with Crippen LogP contribution in [0.15, 0.2) is 33.6 Å². The fourth-order valence-electron chi connectivity index (χ4n) is 2.24. The number of halogens is 1. The van der Waals surface area contributed by atoms with Crippen LogP contribution in [0.3, 0.4) is 0 Å². The fraction of sp³-hybridized carbons (Fsp3) is 0.357. The number of nitrogens with zero attached hydrogens (tertiary/aromatic N) is 2. The average molecular weight is 417 g/mol. The number of sulfonamides is 1. The minimum absolute atomic E-state index is 0.0979. The summed E-state index contributed by atoms with van der Waals surface area (Å²) >= 11 is 3.06. The molecule has 10 heteroatoms. The molecule has 0 saturated carbocycles. The van der Waals surface area contributed by atoms with Gasteiger partial charge < -0.3 is 0 Å². The van der Waals surface area contributed by atoms with E-state index in [2.05, 4.69) is 37.8 Å². The number of rotatable bonds is 7. The number of hydrogen-bond acceptors (Lipinski definition) is 5. The number of nitro groups is 1. The average Bonchev–Trinajstić information content (AvgIpc) is 2.94. The Morgan fingerprint density at radius 1 is 1.42 bits per heavy atom.